The number of hydrogen-bond donors (Lipinski definition) is 0. The number of rotatable bonds is 9. The Hall–Kier alpha value is 0.0649. The highest BCUT2D eigenvalue weighted by Gasteiger charge is 2.33. The SMILES string of the molecule is CCCC[B-](CCCC)(CCCC)C(C)(C)C. The van der Waals surface area contributed by atoms with E-state index in [0.717, 1.165) is 0 Å². The molecule has 0 aromatic carbocycles. The Morgan fingerprint density at radius 3 is 1.12 bits per heavy atom. The zero-order valence-corrected chi connectivity index (χ0v) is 13.4. The van der Waals surface area contributed by atoms with Crippen LogP contribution in [-0.2, 0) is 0 Å². The minimum Gasteiger partial charge on any atom is -0.178 e. The predicted molar refractivity (Wildman–Crippen MR) is 84.6 cm³/mol. The lowest BCUT2D eigenvalue weighted by Gasteiger charge is -2.52. The topological polar surface area (TPSA) is 0 Å². The molecule has 0 radical (unpaired) electrons. The molecule has 0 heterocycles. The summed E-state index contributed by atoms with van der Waals surface area (Å²) in [5.74, 6) is 0. The fraction of sp³-hybridized carbons (Fsp3) is 1.00. The zero-order valence-electron chi connectivity index (χ0n) is 13.4. The Kier molecular flexibility index (Phi) is 8.25. The van der Waals surface area contributed by atoms with E-state index in [1.54, 1.807) is 0 Å². The van der Waals surface area contributed by atoms with Gasteiger partial charge in [0, 0.05) is 6.15 Å². The summed E-state index contributed by atoms with van der Waals surface area (Å²) in [7, 11) is 0. The first-order valence-corrected chi connectivity index (χ1v) is 8.13. The van der Waals surface area contributed by atoms with Crippen molar-refractivity contribution in [3.05, 3.63) is 0 Å². The van der Waals surface area contributed by atoms with E-state index in [2.05, 4.69) is 41.5 Å². The molecule has 0 spiro atoms. The van der Waals surface area contributed by atoms with Gasteiger partial charge in [-0.2, -0.15) is 24.3 Å². The van der Waals surface area contributed by atoms with Crippen LogP contribution in [0.4, 0.5) is 0 Å². The first-order valence-electron chi connectivity index (χ1n) is 8.13. The molecule has 1 heteroatoms. The summed E-state index contributed by atoms with van der Waals surface area (Å²) in [5.41, 5.74) is 0. The molecular formula is C16H36B-. The van der Waals surface area contributed by atoms with Crippen LogP contribution in [0, 0.1) is 0 Å². The highest BCUT2D eigenvalue weighted by Crippen LogP contribution is 2.47. The summed E-state index contributed by atoms with van der Waals surface area (Å²) in [4.78, 5) is 0. The molecule has 0 bridgehead atoms. The van der Waals surface area contributed by atoms with Gasteiger partial charge in [-0.1, -0.05) is 80.1 Å². The Morgan fingerprint density at radius 1 is 0.647 bits per heavy atom. The first-order chi connectivity index (χ1) is 7.93. The molecule has 0 saturated heterocycles. The van der Waals surface area contributed by atoms with Gasteiger partial charge >= 0.3 is 0 Å². The third kappa shape index (κ3) is 5.49. The average Bonchev–Trinajstić information content (AvgIpc) is 2.27. The van der Waals surface area contributed by atoms with Gasteiger partial charge in [0.25, 0.3) is 0 Å². The van der Waals surface area contributed by atoms with Crippen molar-refractivity contribution in [2.45, 2.75) is 104 Å². The van der Waals surface area contributed by atoms with Crippen molar-refractivity contribution in [1.29, 1.82) is 0 Å². The van der Waals surface area contributed by atoms with Crippen molar-refractivity contribution < 1.29 is 0 Å². The summed E-state index contributed by atoms with van der Waals surface area (Å²) >= 11 is 0. The molecule has 0 atom stereocenters. The molecule has 0 fully saturated rings. The third-order valence-electron chi connectivity index (χ3n) is 5.17. The molecule has 0 aromatic heterocycles. The smallest absolute Gasteiger partial charge is 0.00599 e. The van der Waals surface area contributed by atoms with Crippen LogP contribution < -0.4 is 0 Å². The van der Waals surface area contributed by atoms with Crippen molar-refractivity contribution in [3.63, 3.8) is 0 Å². The van der Waals surface area contributed by atoms with Crippen LogP contribution >= 0.6 is 0 Å². The summed E-state index contributed by atoms with van der Waals surface area (Å²) in [6.07, 6.45) is 12.7. The first kappa shape index (κ1) is 17.1. The third-order valence-corrected chi connectivity index (χ3v) is 5.17. The van der Waals surface area contributed by atoms with Crippen LogP contribution in [0.15, 0.2) is 0 Å². The van der Waals surface area contributed by atoms with Crippen LogP contribution in [0.5, 0.6) is 0 Å². The Labute approximate surface area is 111 Å². The van der Waals surface area contributed by atoms with E-state index >= 15 is 0 Å². The summed E-state index contributed by atoms with van der Waals surface area (Å²) in [5, 5.41) is 0.527. The van der Waals surface area contributed by atoms with E-state index < -0.39 is 0 Å². The lowest BCUT2D eigenvalue weighted by molar-refractivity contribution is 0.656. The fourth-order valence-electron chi connectivity index (χ4n) is 3.52. The van der Waals surface area contributed by atoms with Crippen molar-refractivity contribution in [2.75, 3.05) is 0 Å². The predicted octanol–water partition coefficient (Wildman–Crippen LogP) is 6.64. The summed E-state index contributed by atoms with van der Waals surface area (Å²) in [6, 6.07) is 0. The number of unbranched alkanes of at least 4 members (excludes halogenated alkanes) is 3. The molecule has 0 saturated carbocycles. The second-order valence-electron chi connectivity index (χ2n) is 7.27. The Bertz CT molecular complexity index is 157. The Balaban J connectivity index is 4.78. The van der Waals surface area contributed by atoms with Crippen molar-refractivity contribution >= 4 is 6.15 Å². The van der Waals surface area contributed by atoms with E-state index in [1.807, 2.05) is 0 Å². The standard InChI is InChI=1S/C16H36B/c1-7-10-13-17(14-11-8-2,15-12-9-3)16(4,5)6/h7-15H2,1-6H3/q-1. The van der Waals surface area contributed by atoms with Gasteiger partial charge in [0.1, 0.15) is 0 Å². The normalized spacial score (nSPS) is 13.1. The van der Waals surface area contributed by atoms with Gasteiger partial charge in [-0.25, -0.2) is 0 Å². The van der Waals surface area contributed by atoms with Gasteiger partial charge in [0.15, 0.2) is 0 Å². The van der Waals surface area contributed by atoms with Crippen LogP contribution in [0.25, 0.3) is 0 Å². The molecule has 0 aliphatic rings. The lowest BCUT2D eigenvalue weighted by atomic mass is 9.09. The molecule has 0 rings (SSSR count). The highest BCUT2D eigenvalue weighted by molar-refractivity contribution is 6.82. The maximum atomic E-state index is 2.49. The van der Waals surface area contributed by atoms with Crippen LogP contribution in [0.3, 0.4) is 0 Å². The summed E-state index contributed by atoms with van der Waals surface area (Å²) in [6.45, 7) is 14.5. The largest absolute Gasteiger partial charge is 0.178 e. The lowest BCUT2D eigenvalue weighted by Crippen LogP contribution is -2.43. The number of hydrogen-bond acceptors (Lipinski definition) is 0. The van der Waals surface area contributed by atoms with Gasteiger partial charge in [0.05, 0.1) is 0 Å². The van der Waals surface area contributed by atoms with E-state index in [4.69, 9.17) is 0 Å². The minimum absolute atomic E-state index is 0.151. The van der Waals surface area contributed by atoms with Crippen molar-refractivity contribution in [1.82, 2.24) is 0 Å². The molecule has 0 nitrogen and oxygen atoms in total. The second-order valence-corrected chi connectivity index (χ2v) is 7.27. The van der Waals surface area contributed by atoms with E-state index in [0.29, 0.717) is 5.31 Å². The maximum absolute atomic E-state index is 2.49. The van der Waals surface area contributed by atoms with Gasteiger partial charge in [-0.05, 0) is 0 Å². The Morgan fingerprint density at radius 2 is 0.941 bits per heavy atom. The van der Waals surface area contributed by atoms with E-state index in [1.165, 1.54) is 57.5 Å². The van der Waals surface area contributed by atoms with Crippen molar-refractivity contribution in [2.24, 2.45) is 0 Å². The van der Waals surface area contributed by atoms with Gasteiger partial charge in [-0.3, -0.25) is 0 Å². The van der Waals surface area contributed by atoms with Crippen LogP contribution in [-0.4, -0.2) is 6.15 Å². The molecule has 104 valence electrons. The second kappa shape index (κ2) is 8.22. The molecule has 0 N–H and O–H groups in total. The molecule has 0 aliphatic carbocycles. The molecule has 0 aromatic rings. The molecule has 0 aliphatic heterocycles. The molecule has 17 heavy (non-hydrogen) atoms. The quantitative estimate of drug-likeness (QED) is 0.396. The highest BCUT2D eigenvalue weighted by atomic mass is 14.2. The van der Waals surface area contributed by atoms with E-state index in [-0.39, 0.29) is 6.15 Å². The van der Waals surface area contributed by atoms with Crippen molar-refractivity contribution in [3.8, 4) is 0 Å². The fourth-order valence-corrected chi connectivity index (χ4v) is 3.52. The van der Waals surface area contributed by atoms with Gasteiger partial charge in [0.2, 0.25) is 0 Å². The molecule has 0 unspecified atom stereocenters. The van der Waals surface area contributed by atoms with Gasteiger partial charge < -0.3 is 0 Å². The maximum Gasteiger partial charge on any atom is 0.00599 e. The monoisotopic (exact) mass is 239 g/mol. The van der Waals surface area contributed by atoms with E-state index in [9.17, 15) is 0 Å². The zero-order chi connectivity index (χ0) is 13.4. The summed E-state index contributed by atoms with van der Waals surface area (Å²) < 4.78 is 0. The van der Waals surface area contributed by atoms with Crippen LogP contribution in [0.2, 0.25) is 24.3 Å². The van der Waals surface area contributed by atoms with Crippen LogP contribution in [0.1, 0.15) is 80.1 Å². The average molecular weight is 239 g/mol. The molecule has 0 amide bonds. The minimum atomic E-state index is -0.151. The molecular weight excluding hydrogens is 203 g/mol. The van der Waals surface area contributed by atoms with Gasteiger partial charge in [-0.15, -0.1) is 0 Å².